The Morgan fingerprint density at radius 1 is 1.17 bits per heavy atom. The first kappa shape index (κ1) is 23.9. The van der Waals surface area contributed by atoms with Gasteiger partial charge in [0, 0.05) is 47.4 Å². The van der Waals surface area contributed by atoms with Gasteiger partial charge in [0.15, 0.2) is 0 Å². The number of nitrogens with zero attached hydrogens (tertiary/aromatic N) is 6. The van der Waals surface area contributed by atoms with E-state index < -0.39 is 12.1 Å². The number of likely N-dealkylation sites (N-methyl/N-ethyl adjacent to an activating group) is 1. The zero-order valence-corrected chi connectivity index (χ0v) is 20.0. The Kier molecular flexibility index (Phi) is 6.52. The van der Waals surface area contributed by atoms with Gasteiger partial charge >= 0.3 is 12.1 Å². The fourth-order valence-corrected chi connectivity index (χ4v) is 3.97. The molecule has 0 fully saturated rings. The number of carboxylic acid groups (broad SMARTS) is 1. The van der Waals surface area contributed by atoms with Gasteiger partial charge in [-0.15, -0.1) is 0 Å². The summed E-state index contributed by atoms with van der Waals surface area (Å²) >= 11 is 0. The number of aromatic nitrogens is 5. The average molecular weight is 478 g/mol. The molecule has 3 N–H and O–H groups in total. The topological polar surface area (TPSA) is 141 Å². The maximum atomic E-state index is 11.9. The van der Waals surface area contributed by atoms with Crippen LogP contribution in [0.3, 0.4) is 0 Å². The summed E-state index contributed by atoms with van der Waals surface area (Å²) in [5.41, 5.74) is 8.62. The van der Waals surface area contributed by atoms with Gasteiger partial charge in [-0.1, -0.05) is 13.8 Å². The maximum Gasteiger partial charge on any atom is 0.416 e. The first-order valence-corrected chi connectivity index (χ1v) is 11.1. The van der Waals surface area contributed by atoms with Crippen LogP contribution < -0.4 is 10.5 Å². The largest absolute Gasteiger partial charge is 0.464 e. The van der Waals surface area contributed by atoms with Crippen molar-refractivity contribution in [1.29, 1.82) is 0 Å². The average Bonchev–Trinajstić information content (AvgIpc) is 3.40. The van der Waals surface area contributed by atoms with Crippen LogP contribution in [0.25, 0.3) is 22.0 Å². The number of hydrogen-bond donors (Lipinski definition) is 2. The monoisotopic (exact) mass is 477 g/mol. The molecule has 0 saturated carbocycles. The van der Waals surface area contributed by atoms with Crippen LogP contribution in [0, 0.1) is 0 Å². The van der Waals surface area contributed by atoms with Crippen molar-refractivity contribution < 1.29 is 19.4 Å². The van der Waals surface area contributed by atoms with E-state index in [1.807, 2.05) is 27.9 Å². The molecule has 1 amide bonds. The Balaban J connectivity index is 1.79. The van der Waals surface area contributed by atoms with Gasteiger partial charge < -0.3 is 20.5 Å². The zero-order valence-electron chi connectivity index (χ0n) is 20.0. The molecule has 1 aromatic carbocycles. The minimum atomic E-state index is -1.13. The van der Waals surface area contributed by atoms with E-state index in [1.165, 1.54) is 18.7 Å². The van der Waals surface area contributed by atoms with E-state index in [2.05, 4.69) is 20.0 Å². The first-order valence-electron chi connectivity index (χ1n) is 11.1. The van der Waals surface area contributed by atoms with Crippen LogP contribution in [0.5, 0.6) is 11.6 Å². The predicted octanol–water partition coefficient (Wildman–Crippen LogP) is 3.77. The van der Waals surface area contributed by atoms with Gasteiger partial charge in [-0.25, -0.2) is 19.6 Å². The molecule has 11 heteroatoms. The Labute approximate surface area is 201 Å². The first-order chi connectivity index (χ1) is 16.7. The molecule has 4 rings (SSSR count). The van der Waals surface area contributed by atoms with E-state index >= 15 is 0 Å². The lowest BCUT2D eigenvalue weighted by atomic mass is 9.99. The van der Waals surface area contributed by atoms with Crippen molar-refractivity contribution in [3.63, 3.8) is 0 Å². The molecule has 11 nitrogen and oxygen atoms in total. The molecule has 182 valence electrons. The van der Waals surface area contributed by atoms with E-state index in [0.29, 0.717) is 39.4 Å². The highest BCUT2D eigenvalue weighted by Gasteiger charge is 2.23. The normalized spacial score (nSPS) is 11.5. The number of ether oxygens (including phenoxy) is 1. The van der Waals surface area contributed by atoms with E-state index in [0.717, 1.165) is 27.9 Å². The summed E-state index contributed by atoms with van der Waals surface area (Å²) in [4.78, 5) is 34.4. The van der Waals surface area contributed by atoms with Gasteiger partial charge in [-0.2, -0.15) is 9.78 Å². The third-order valence-corrected chi connectivity index (χ3v) is 5.57. The Morgan fingerprint density at radius 2 is 1.94 bits per heavy atom. The standard InChI is InChI=1S/C24H27N7O4/c1-14(2)22-18(11-28-31(22)23(25)32)19-12-30(24(33)34)20-6-5-16(10-17(19)20)35-21-9-15(26-13-27-21)7-8-29(3)4/h5-6,9-14H,7-8H2,1-4H3,(H2,25,32)(H,33,34). The summed E-state index contributed by atoms with van der Waals surface area (Å²) in [6.45, 7) is 4.66. The Morgan fingerprint density at radius 3 is 2.60 bits per heavy atom. The summed E-state index contributed by atoms with van der Waals surface area (Å²) < 4.78 is 8.27. The summed E-state index contributed by atoms with van der Waals surface area (Å²) in [5, 5.41) is 14.5. The molecule has 4 aromatic rings. The number of carbonyl (C=O) groups excluding carboxylic acids is 1. The van der Waals surface area contributed by atoms with Crippen LogP contribution >= 0.6 is 0 Å². The van der Waals surface area contributed by atoms with Crippen LogP contribution in [0.15, 0.2) is 43.0 Å². The van der Waals surface area contributed by atoms with E-state index in [-0.39, 0.29) is 5.92 Å². The van der Waals surface area contributed by atoms with Crippen molar-refractivity contribution in [3.05, 3.63) is 54.4 Å². The molecule has 0 bridgehead atoms. The van der Waals surface area contributed by atoms with Crippen LogP contribution in [0.2, 0.25) is 0 Å². The third-order valence-electron chi connectivity index (χ3n) is 5.57. The number of nitrogens with two attached hydrogens (primary N) is 1. The number of fused-ring (bicyclic) bond motifs is 1. The minimum Gasteiger partial charge on any atom is -0.464 e. The fraction of sp³-hybridized carbons (Fsp3) is 0.292. The van der Waals surface area contributed by atoms with Crippen molar-refractivity contribution in [1.82, 2.24) is 29.2 Å². The molecule has 0 atom stereocenters. The molecular formula is C24H27N7O4. The molecular weight excluding hydrogens is 450 g/mol. The van der Waals surface area contributed by atoms with Gasteiger partial charge in [0.25, 0.3) is 0 Å². The quantitative estimate of drug-likeness (QED) is 0.410. The van der Waals surface area contributed by atoms with Crippen molar-refractivity contribution >= 4 is 23.0 Å². The van der Waals surface area contributed by atoms with Crippen molar-refractivity contribution in [2.75, 3.05) is 20.6 Å². The van der Waals surface area contributed by atoms with Gasteiger partial charge in [0.2, 0.25) is 5.88 Å². The Hall–Kier alpha value is -4.25. The number of rotatable bonds is 7. The van der Waals surface area contributed by atoms with Crippen LogP contribution in [-0.4, -0.2) is 67.1 Å². The van der Waals surface area contributed by atoms with E-state index in [1.54, 1.807) is 24.3 Å². The summed E-state index contributed by atoms with van der Waals surface area (Å²) in [6.07, 6.45) is 4.10. The zero-order chi connectivity index (χ0) is 25.3. The van der Waals surface area contributed by atoms with Crippen molar-refractivity contribution in [2.24, 2.45) is 5.73 Å². The molecule has 3 heterocycles. The molecule has 0 spiro atoms. The highest BCUT2D eigenvalue weighted by molar-refractivity contribution is 6.01. The SMILES string of the molecule is CC(C)c1c(-c2cn(C(=O)O)c3ccc(Oc4cc(CCN(C)C)ncn4)cc23)cnn1C(N)=O. The van der Waals surface area contributed by atoms with Crippen LogP contribution in [0.1, 0.15) is 31.2 Å². The lowest BCUT2D eigenvalue weighted by Crippen LogP contribution is -2.23. The maximum absolute atomic E-state index is 11.9. The minimum absolute atomic E-state index is 0.0933. The number of carbonyl (C=O) groups is 2. The molecule has 0 saturated heterocycles. The van der Waals surface area contributed by atoms with Gasteiger partial charge in [-0.3, -0.25) is 4.57 Å². The second-order valence-electron chi connectivity index (χ2n) is 8.73. The third kappa shape index (κ3) is 4.85. The summed E-state index contributed by atoms with van der Waals surface area (Å²) in [6, 6.07) is 6.18. The van der Waals surface area contributed by atoms with Crippen LogP contribution in [0.4, 0.5) is 9.59 Å². The summed E-state index contributed by atoms with van der Waals surface area (Å²) in [5.74, 6) is 0.772. The molecule has 0 aliphatic carbocycles. The lowest BCUT2D eigenvalue weighted by Gasteiger charge is -2.11. The number of benzene rings is 1. The highest BCUT2D eigenvalue weighted by Crippen LogP contribution is 2.37. The van der Waals surface area contributed by atoms with Gasteiger partial charge in [0.05, 0.1) is 17.4 Å². The predicted molar refractivity (Wildman–Crippen MR) is 130 cm³/mol. The van der Waals surface area contributed by atoms with Crippen molar-refractivity contribution in [2.45, 2.75) is 26.2 Å². The number of amides is 1. The number of primary amides is 1. The number of hydrogen-bond acceptors (Lipinski definition) is 7. The Bertz CT molecular complexity index is 1400. The fourth-order valence-electron chi connectivity index (χ4n) is 3.97. The molecule has 0 unspecified atom stereocenters. The van der Waals surface area contributed by atoms with Crippen molar-refractivity contribution in [3.8, 4) is 22.8 Å². The molecule has 35 heavy (non-hydrogen) atoms. The second-order valence-corrected chi connectivity index (χ2v) is 8.73. The highest BCUT2D eigenvalue weighted by atomic mass is 16.5. The van der Waals surface area contributed by atoms with Crippen LogP contribution in [-0.2, 0) is 6.42 Å². The molecule has 3 aromatic heterocycles. The molecule has 0 radical (unpaired) electrons. The molecule has 0 aliphatic rings. The second kappa shape index (κ2) is 9.55. The van der Waals surface area contributed by atoms with E-state index in [4.69, 9.17) is 10.5 Å². The van der Waals surface area contributed by atoms with Gasteiger partial charge in [0.1, 0.15) is 12.1 Å². The molecule has 0 aliphatic heterocycles. The van der Waals surface area contributed by atoms with E-state index in [9.17, 15) is 14.7 Å². The van der Waals surface area contributed by atoms with Gasteiger partial charge in [-0.05, 0) is 38.2 Å². The lowest BCUT2D eigenvalue weighted by molar-refractivity contribution is 0.197. The summed E-state index contributed by atoms with van der Waals surface area (Å²) in [7, 11) is 3.99. The smallest absolute Gasteiger partial charge is 0.416 e.